The second kappa shape index (κ2) is 5.97. The smallest absolute Gasteiger partial charge is 0.260 e. The van der Waals surface area contributed by atoms with E-state index in [1.807, 2.05) is 6.92 Å². The number of aromatic nitrogens is 1. The number of hydrogen-bond donors (Lipinski definition) is 1. The van der Waals surface area contributed by atoms with Crippen LogP contribution in [0.15, 0.2) is 39.1 Å². The van der Waals surface area contributed by atoms with Crippen LogP contribution in [0.4, 0.5) is 8.78 Å². The highest BCUT2D eigenvalue weighted by molar-refractivity contribution is 7.99. The lowest BCUT2D eigenvalue weighted by Crippen LogP contribution is -2.12. The summed E-state index contributed by atoms with van der Waals surface area (Å²) in [5.41, 5.74) is 0.573. The Kier molecular flexibility index (Phi) is 4.33. The van der Waals surface area contributed by atoms with Crippen LogP contribution >= 0.6 is 11.8 Å². The highest BCUT2D eigenvalue weighted by Gasteiger charge is 2.14. The Morgan fingerprint density at radius 1 is 1.33 bits per heavy atom. The summed E-state index contributed by atoms with van der Waals surface area (Å²) in [7, 11) is 0. The van der Waals surface area contributed by atoms with E-state index in [9.17, 15) is 8.78 Å². The first-order chi connectivity index (χ1) is 8.70. The minimum atomic E-state index is -0.605. The lowest BCUT2D eigenvalue weighted by Gasteiger charge is -2.06. The van der Waals surface area contributed by atoms with Crippen molar-refractivity contribution in [3.8, 4) is 0 Å². The van der Waals surface area contributed by atoms with Gasteiger partial charge in [-0.2, -0.15) is 0 Å². The molecule has 3 nitrogen and oxygen atoms in total. The predicted octanol–water partition coefficient (Wildman–Crippen LogP) is 3.21. The molecular weight excluding hydrogens is 258 g/mol. The van der Waals surface area contributed by atoms with E-state index in [4.69, 9.17) is 4.42 Å². The van der Waals surface area contributed by atoms with Crippen molar-refractivity contribution in [1.29, 1.82) is 0 Å². The van der Waals surface area contributed by atoms with E-state index >= 15 is 0 Å². The van der Waals surface area contributed by atoms with Gasteiger partial charge in [0, 0.05) is 6.54 Å². The maximum Gasteiger partial charge on any atom is 0.260 e. The minimum absolute atomic E-state index is 0.0994. The zero-order valence-electron chi connectivity index (χ0n) is 9.74. The van der Waals surface area contributed by atoms with Crippen LogP contribution in [0, 0.1) is 11.6 Å². The molecule has 2 aromatic rings. The number of nitrogens with one attached hydrogen (secondary N) is 1. The molecule has 0 spiro atoms. The number of halogens is 2. The highest BCUT2D eigenvalue weighted by Crippen LogP contribution is 2.31. The van der Waals surface area contributed by atoms with Crippen LogP contribution in [0.3, 0.4) is 0 Å². The number of benzene rings is 1. The molecule has 0 radical (unpaired) electrons. The van der Waals surface area contributed by atoms with Crippen molar-refractivity contribution in [2.45, 2.75) is 23.6 Å². The third-order valence-corrected chi connectivity index (χ3v) is 3.21. The first-order valence-electron chi connectivity index (χ1n) is 5.46. The van der Waals surface area contributed by atoms with Crippen molar-refractivity contribution >= 4 is 11.8 Å². The third kappa shape index (κ3) is 3.08. The van der Waals surface area contributed by atoms with Gasteiger partial charge >= 0.3 is 0 Å². The molecule has 0 aliphatic heterocycles. The third-order valence-electron chi connectivity index (χ3n) is 2.24. The summed E-state index contributed by atoms with van der Waals surface area (Å²) in [6, 6.07) is 2.63. The van der Waals surface area contributed by atoms with E-state index in [1.54, 1.807) is 0 Å². The normalized spacial score (nSPS) is 10.8. The first kappa shape index (κ1) is 13.0. The lowest BCUT2D eigenvalue weighted by molar-refractivity contribution is 0.451. The monoisotopic (exact) mass is 270 g/mol. The second-order valence-corrected chi connectivity index (χ2v) is 4.53. The summed E-state index contributed by atoms with van der Waals surface area (Å²) in [4.78, 5) is 3.72. The molecule has 0 aliphatic carbocycles. The molecular formula is C12H12F2N2OS. The molecule has 0 bridgehead atoms. The summed E-state index contributed by atoms with van der Waals surface area (Å²) < 4.78 is 32.5. The number of nitrogens with zero attached hydrogens (tertiary/aromatic N) is 1. The van der Waals surface area contributed by atoms with Crippen molar-refractivity contribution in [2.24, 2.45) is 0 Å². The fraction of sp³-hybridized carbons (Fsp3) is 0.250. The molecule has 0 atom stereocenters. The van der Waals surface area contributed by atoms with E-state index in [0.717, 1.165) is 18.3 Å². The summed E-state index contributed by atoms with van der Waals surface area (Å²) in [5, 5.41) is 3.23. The van der Waals surface area contributed by atoms with Gasteiger partial charge in [-0.05, 0) is 36.0 Å². The van der Waals surface area contributed by atoms with Crippen molar-refractivity contribution in [3.05, 3.63) is 41.8 Å². The van der Waals surface area contributed by atoms with E-state index in [2.05, 4.69) is 10.3 Å². The van der Waals surface area contributed by atoms with Gasteiger partial charge in [-0.1, -0.05) is 6.92 Å². The van der Waals surface area contributed by atoms with Crippen LogP contribution in [0.5, 0.6) is 0 Å². The van der Waals surface area contributed by atoms with Crippen LogP contribution in [0.25, 0.3) is 0 Å². The van der Waals surface area contributed by atoms with Gasteiger partial charge in [0.1, 0.15) is 17.9 Å². The molecule has 1 N–H and O–H groups in total. The SMILES string of the molecule is CCNCc1cc(F)c(Sc2ncco2)c(F)c1. The molecule has 0 fully saturated rings. The van der Waals surface area contributed by atoms with Gasteiger partial charge in [-0.3, -0.25) is 0 Å². The van der Waals surface area contributed by atoms with Crippen molar-refractivity contribution < 1.29 is 13.2 Å². The number of oxazole rings is 1. The lowest BCUT2D eigenvalue weighted by atomic mass is 10.2. The molecule has 0 unspecified atom stereocenters. The van der Waals surface area contributed by atoms with E-state index in [-0.39, 0.29) is 10.1 Å². The van der Waals surface area contributed by atoms with Gasteiger partial charge in [0.05, 0.1) is 11.1 Å². The minimum Gasteiger partial charge on any atom is -0.440 e. The van der Waals surface area contributed by atoms with Gasteiger partial charge < -0.3 is 9.73 Å². The van der Waals surface area contributed by atoms with Gasteiger partial charge in [-0.15, -0.1) is 0 Å². The van der Waals surface area contributed by atoms with Crippen molar-refractivity contribution in [3.63, 3.8) is 0 Å². The standard InChI is InChI=1S/C12H12F2N2OS/c1-2-15-7-8-5-9(13)11(10(14)6-8)18-12-16-3-4-17-12/h3-6,15H,2,7H2,1H3. The van der Waals surface area contributed by atoms with Gasteiger partial charge in [-0.25, -0.2) is 13.8 Å². The average Bonchev–Trinajstić information content (AvgIpc) is 2.84. The Balaban J connectivity index is 2.21. The number of hydrogen-bond acceptors (Lipinski definition) is 4. The maximum atomic E-state index is 13.8. The summed E-state index contributed by atoms with van der Waals surface area (Å²) >= 11 is 0.832. The molecule has 0 saturated carbocycles. The van der Waals surface area contributed by atoms with Crippen LogP contribution < -0.4 is 5.32 Å². The van der Waals surface area contributed by atoms with Crippen LogP contribution in [0.2, 0.25) is 0 Å². The first-order valence-corrected chi connectivity index (χ1v) is 6.28. The van der Waals surface area contributed by atoms with E-state index in [0.29, 0.717) is 12.1 Å². The molecule has 0 aliphatic rings. The number of rotatable bonds is 5. The fourth-order valence-electron chi connectivity index (χ4n) is 1.43. The molecule has 1 aromatic heterocycles. The van der Waals surface area contributed by atoms with Crippen LogP contribution in [-0.2, 0) is 6.54 Å². The zero-order chi connectivity index (χ0) is 13.0. The molecule has 96 valence electrons. The molecule has 1 heterocycles. The Labute approximate surface area is 108 Å². The summed E-state index contributed by atoms with van der Waals surface area (Å²) in [6.45, 7) is 3.11. The van der Waals surface area contributed by atoms with Crippen LogP contribution in [0.1, 0.15) is 12.5 Å². The second-order valence-electron chi connectivity index (χ2n) is 3.57. The summed E-state index contributed by atoms with van der Waals surface area (Å²) in [5.74, 6) is -1.21. The average molecular weight is 270 g/mol. The highest BCUT2D eigenvalue weighted by atomic mass is 32.2. The Bertz CT molecular complexity index is 494. The Morgan fingerprint density at radius 2 is 2.06 bits per heavy atom. The van der Waals surface area contributed by atoms with Crippen molar-refractivity contribution in [1.82, 2.24) is 10.3 Å². The van der Waals surface area contributed by atoms with E-state index < -0.39 is 11.6 Å². The molecule has 18 heavy (non-hydrogen) atoms. The zero-order valence-corrected chi connectivity index (χ0v) is 10.6. The van der Waals surface area contributed by atoms with Gasteiger partial charge in [0.25, 0.3) is 5.22 Å². The van der Waals surface area contributed by atoms with E-state index in [1.165, 1.54) is 24.6 Å². The maximum absolute atomic E-state index is 13.8. The quantitative estimate of drug-likeness (QED) is 0.905. The summed E-state index contributed by atoms with van der Waals surface area (Å²) in [6.07, 6.45) is 2.79. The molecule has 0 saturated heterocycles. The predicted molar refractivity (Wildman–Crippen MR) is 64.4 cm³/mol. The largest absolute Gasteiger partial charge is 0.440 e. The fourth-order valence-corrected chi connectivity index (χ4v) is 2.13. The molecule has 1 aromatic carbocycles. The van der Waals surface area contributed by atoms with Crippen LogP contribution in [-0.4, -0.2) is 11.5 Å². The Hall–Kier alpha value is -1.40. The Morgan fingerprint density at radius 3 is 2.61 bits per heavy atom. The topological polar surface area (TPSA) is 38.1 Å². The van der Waals surface area contributed by atoms with Gasteiger partial charge in [0.15, 0.2) is 0 Å². The molecule has 2 rings (SSSR count). The van der Waals surface area contributed by atoms with Gasteiger partial charge in [0.2, 0.25) is 0 Å². The molecule has 6 heteroatoms. The van der Waals surface area contributed by atoms with Crippen molar-refractivity contribution in [2.75, 3.05) is 6.54 Å². The molecule has 0 amide bonds.